The number of hydrogen-bond donors (Lipinski definition) is 2. The fourth-order valence-electron chi connectivity index (χ4n) is 2.73. The number of para-hydroxylation sites is 1. The van der Waals surface area contributed by atoms with Gasteiger partial charge in [-0.05, 0) is 18.1 Å². The lowest BCUT2D eigenvalue weighted by Gasteiger charge is -2.27. The molecule has 5 heteroatoms. The second-order valence-corrected chi connectivity index (χ2v) is 5.53. The van der Waals surface area contributed by atoms with Crippen LogP contribution in [0.4, 0.5) is 0 Å². The molecule has 0 radical (unpaired) electrons. The second-order valence-electron chi connectivity index (χ2n) is 5.53. The molecule has 1 amide bonds. The van der Waals surface area contributed by atoms with E-state index in [1.54, 1.807) is 0 Å². The summed E-state index contributed by atoms with van der Waals surface area (Å²) in [6, 6.07) is 17.1. The zero-order chi connectivity index (χ0) is 15.4. The van der Waals surface area contributed by atoms with E-state index in [1.807, 2.05) is 54.6 Å². The molecule has 0 saturated heterocycles. The summed E-state index contributed by atoms with van der Waals surface area (Å²) in [6.07, 6.45) is 1.30. The lowest BCUT2D eigenvalue weighted by molar-refractivity contribution is -0.123. The van der Waals surface area contributed by atoms with Crippen LogP contribution in [0, 0.1) is 0 Å². The van der Waals surface area contributed by atoms with Gasteiger partial charge in [0.15, 0.2) is 0 Å². The maximum atomic E-state index is 12.3. The first-order valence-electron chi connectivity index (χ1n) is 7.55. The van der Waals surface area contributed by atoms with Crippen LogP contribution < -0.4 is 15.8 Å². The molecule has 0 fully saturated rings. The molecular formula is C18H21ClN2O2. The van der Waals surface area contributed by atoms with Gasteiger partial charge in [0.25, 0.3) is 0 Å². The predicted octanol–water partition coefficient (Wildman–Crippen LogP) is 2.62. The van der Waals surface area contributed by atoms with E-state index in [-0.39, 0.29) is 24.4 Å². The van der Waals surface area contributed by atoms with Crippen LogP contribution in [0.5, 0.6) is 5.75 Å². The zero-order valence-electron chi connectivity index (χ0n) is 12.8. The molecule has 3 N–H and O–H groups in total. The molecule has 0 aromatic heterocycles. The minimum atomic E-state index is -0.544. The van der Waals surface area contributed by atoms with Crippen LogP contribution in [0.3, 0.4) is 0 Å². The summed E-state index contributed by atoms with van der Waals surface area (Å²) in [4.78, 5) is 12.3. The number of carbonyl (C=O) groups excluding carboxylic acids is 1. The van der Waals surface area contributed by atoms with Gasteiger partial charge in [0.1, 0.15) is 5.75 Å². The van der Waals surface area contributed by atoms with Crippen LogP contribution in [0.2, 0.25) is 0 Å². The molecule has 2 atom stereocenters. The summed E-state index contributed by atoms with van der Waals surface area (Å²) >= 11 is 0. The van der Waals surface area contributed by atoms with Crippen molar-refractivity contribution in [2.24, 2.45) is 5.73 Å². The molecule has 3 rings (SSSR count). The molecule has 0 bridgehead atoms. The van der Waals surface area contributed by atoms with Crippen molar-refractivity contribution in [1.29, 1.82) is 0 Å². The first-order valence-corrected chi connectivity index (χ1v) is 7.55. The van der Waals surface area contributed by atoms with E-state index in [4.69, 9.17) is 10.5 Å². The molecule has 0 aliphatic carbocycles. The van der Waals surface area contributed by atoms with E-state index in [0.29, 0.717) is 13.0 Å². The standard InChI is InChI=1S/C18H20N2O2.ClH/c19-15(12-13-6-2-1-3-7-13)18(21)20-16-10-11-22-17-9-5-4-8-14(16)17;/h1-9,15-16H,10-12,19H2,(H,20,21);1H. The van der Waals surface area contributed by atoms with Crippen molar-refractivity contribution in [3.63, 3.8) is 0 Å². The topological polar surface area (TPSA) is 64.4 Å². The van der Waals surface area contributed by atoms with Crippen LogP contribution in [-0.2, 0) is 11.2 Å². The monoisotopic (exact) mass is 332 g/mol. The minimum absolute atomic E-state index is 0. The van der Waals surface area contributed by atoms with Crippen molar-refractivity contribution >= 4 is 18.3 Å². The van der Waals surface area contributed by atoms with Crippen molar-refractivity contribution in [2.75, 3.05) is 6.61 Å². The Balaban J connectivity index is 0.00000192. The highest BCUT2D eigenvalue weighted by Gasteiger charge is 2.24. The van der Waals surface area contributed by atoms with Gasteiger partial charge in [-0.15, -0.1) is 12.4 Å². The van der Waals surface area contributed by atoms with Gasteiger partial charge >= 0.3 is 0 Å². The molecule has 1 aliphatic heterocycles. The molecule has 0 saturated carbocycles. The van der Waals surface area contributed by atoms with Gasteiger partial charge < -0.3 is 15.8 Å². The molecular weight excluding hydrogens is 312 g/mol. The number of benzene rings is 2. The van der Waals surface area contributed by atoms with Crippen molar-refractivity contribution < 1.29 is 9.53 Å². The Morgan fingerprint density at radius 3 is 2.65 bits per heavy atom. The number of amides is 1. The number of fused-ring (bicyclic) bond motifs is 1. The molecule has 1 aliphatic rings. The van der Waals surface area contributed by atoms with Crippen molar-refractivity contribution in [3.8, 4) is 5.75 Å². The number of halogens is 1. The molecule has 0 spiro atoms. The molecule has 2 aromatic carbocycles. The lowest BCUT2D eigenvalue weighted by Crippen LogP contribution is -2.44. The molecule has 1 heterocycles. The normalized spacial score (nSPS) is 17.2. The van der Waals surface area contributed by atoms with Crippen molar-refractivity contribution in [1.82, 2.24) is 5.32 Å². The molecule has 122 valence electrons. The Hall–Kier alpha value is -2.04. The van der Waals surface area contributed by atoms with Crippen LogP contribution in [0.15, 0.2) is 54.6 Å². The molecule has 2 aromatic rings. The number of ether oxygens (including phenoxy) is 1. The van der Waals surface area contributed by atoms with Gasteiger partial charge in [-0.1, -0.05) is 48.5 Å². The Labute approximate surface area is 142 Å². The minimum Gasteiger partial charge on any atom is -0.493 e. The zero-order valence-corrected chi connectivity index (χ0v) is 13.6. The Bertz CT molecular complexity index is 648. The second kappa shape index (κ2) is 7.99. The van der Waals surface area contributed by atoms with E-state index >= 15 is 0 Å². The number of rotatable bonds is 4. The summed E-state index contributed by atoms with van der Waals surface area (Å²) in [5.74, 6) is 0.723. The maximum Gasteiger partial charge on any atom is 0.237 e. The van der Waals surface area contributed by atoms with E-state index < -0.39 is 6.04 Å². The van der Waals surface area contributed by atoms with E-state index in [2.05, 4.69) is 5.32 Å². The Morgan fingerprint density at radius 1 is 1.17 bits per heavy atom. The molecule has 2 unspecified atom stereocenters. The Kier molecular flexibility index (Phi) is 6.02. The Morgan fingerprint density at radius 2 is 1.87 bits per heavy atom. The summed E-state index contributed by atoms with van der Waals surface area (Å²) in [5.41, 5.74) is 8.13. The SMILES string of the molecule is Cl.NC(Cc1ccccc1)C(=O)NC1CCOc2ccccc21. The summed E-state index contributed by atoms with van der Waals surface area (Å²) in [5, 5.41) is 3.05. The highest BCUT2D eigenvalue weighted by molar-refractivity contribution is 5.85. The lowest BCUT2D eigenvalue weighted by atomic mass is 9.99. The van der Waals surface area contributed by atoms with Crippen LogP contribution in [0.1, 0.15) is 23.6 Å². The average Bonchev–Trinajstić information content (AvgIpc) is 2.56. The smallest absolute Gasteiger partial charge is 0.237 e. The summed E-state index contributed by atoms with van der Waals surface area (Å²) in [6.45, 7) is 0.607. The van der Waals surface area contributed by atoms with E-state index in [0.717, 1.165) is 23.3 Å². The number of hydrogen-bond acceptors (Lipinski definition) is 3. The fourth-order valence-corrected chi connectivity index (χ4v) is 2.73. The average molecular weight is 333 g/mol. The van der Waals surface area contributed by atoms with Crippen molar-refractivity contribution in [2.45, 2.75) is 24.9 Å². The number of nitrogens with one attached hydrogen (secondary N) is 1. The van der Waals surface area contributed by atoms with Crippen LogP contribution in [0.25, 0.3) is 0 Å². The quantitative estimate of drug-likeness (QED) is 0.904. The number of carbonyl (C=O) groups is 1. The van der Waals surface area contributed by atoms with Gasteiger partial charge in [-0.25, -0.2) is 0 Å². The van der Waals surface area contributed by atoms with Gasteiger partial charge in [0, 0.05) is 12.0 Å². The largest absolute Gasteiger partial charge is 0.493 e. The van der Waals surface area contributed by atoms with Crippen LogP contribution in [-0.4, -0.2) is 18.6 Å². The highest BCUT2D eigenvalue weighted by Crippen LogP contribution is 2.31. The van der Waals surface area contributed by atoms with Gasteiger partial charge in [-0.3, -0.25) is 4.79 Å². The van der Waals surface area contributed by atoms with Crippen LogP contribution >= 0.6 is 12.4 Å². The van der Waals surface area contributed by atoms with Gasteiger partial charge in [0.05, 0.1) is 18.7 Å². The van der Waals surface area contributed by atoms with Crippen molar-refractivity contribution in [3.05, 3.63) is 65.7 Å². The van der Waals surface area contributed by atoms with Gasteiger partial charge in [-0.2, -0.15) is 0 Å². The van der Waals surface area contributed by atoms with E-state index in [9.17, 15) is 4.79 Å². The maximum absolute atomic E-state index is 12.3. The van der Waals surface area contributed by atoms with Gasteiger partial charge in [0.2, 0.25) is 5.91 Å². The number of nitrogens with two attached hydrogens (primary N) is 1. The summed E-state index contributed by atoms with van der Waals surface area (Å²) in [7, 11) is 0. The van der Waals surface area contributed by atoms with E-state index in [1.165, 1.54) is 0 Å². The highest BCUT2D eigenvalue weighted by atomic mass is 35.5. The summed E-state index contributed by atoms with van der Waals surface area (Å²) < 4.78 is 5.61. The molecule has 4 nitrogen and oxygen atoms in total. The predicted molar refractivity (Wildman–Crippen MR) is 92.8 cm³/mol. The third-order valence-electron chi connectivity index (χ3n) is 3.91. The molecule has 23 heavy (non-hydrogen) atoms. The third kappa shape index (κ3) is 4.24. The first kappa shape index (κ1) is 17.3. The first-order chi connectivity index (χ1) is 10.7. The third-order valence-corrected chi connectivity index (χ3v) is 3.91. The fraction of sp³-hybridized carbons (Fsp3) is 0.278.